The number of rotatable bonds is 6. The number of hydrogen-bond donors (Lipinski definition) is 0. The first-order valence-electron chi connectivity index (χ1n) is 8.45. The average molecular weight is 473 g/mol. The molecule has 0 spiro atoms. The van der Waals surface area contributed by atoms with Gasteiger partial charge in [0.1, 0.15) is 5.75 Å². The predicted molar refractivity (Wildman–Crippen MR) is 109 cm³/mol. The van der Waals surface area contributed by atoms with Crippen molar-refractivity contribution in [2.45, 2.75) is 19.0 Å². The molecule has 1 saturated heterocycles. The van der Waals surface area contributed by atoms with Crippen LogP contribution in [0.15, 0.2) is 53.0 Å². The van der Waals surface area contributed by atoms with Crippen molar-refractivity contribution in [3.63, 3.8) is 0 Å². The van der Waals surface area contributed by atoms with E-state index < -0.39 is 9.84 Å². The van der Waals surface area contributed by atoms with Gasteiger partial charge >= 0.3 is 0 Å². The Morgan fingerprint density at radius 3 is 2.59 bits per heavy atom. The summed E-state index contributed by atoms with van der Waals surface area (Å²) in [5.74, 6) is 0.396. The van der Waals surface area contributed by atoms with Gasteiger partial charge in [0.2, 0.25) is 0 Å². The number of benzene rings is 2. The minimum absolute atomic E-state index is 0.00626. The van der Waals surface area contributed by atoms with Gasteiger partial charge in [0.15, 0.2) is 16.4 Å². The van der Waals surface area contributed by atoms with Crippen molar-refractivity contribution >= 4 is 43.3 Å². The Morgan fingerprint density at radius 1 is 1.22 bits per heavy atom. The molecule has 0 unspecified atom stereocenters. The fraction of sp³-hybridized carbons (Fsp3) is 0.316. The normalized spacial score (nSPS) is 18.2. The lowest BCUT2D eigenvalue weighted by Crippen LogP contribution is -2.43. The highest BCUT2D eigenvalue weighted by atomic mass is 79.9. The van der Waals surface area contributed by atoms with Crippen molar-refractivity contribution in [3.8, 4) is 5.75 Å². The molecule has 1 atom stereocenters. The molecule has 1 fully saturated rings. The molecule has 8 heteroatoms. The van der Waals surface area contributed by atoms with Gasteiger partial charge < -0.3 is 9.64 Å². The largest absolute Gasteiger partial charge is 0.484 e. The summed E-state index contributed by atoms with van der Waals surface area (Å²) in [5, 5.41) is 0.584. The second-order valence-corrected chi connectivity index (χ2v) is 10.0. The highest BCUT2D eigenvalue weighted by molar-refractivity contribution is 9.10. The molecule has 1 amide bonds. The van der Waals surface area contributed by atoms with Gasteiger partial charge in [-0.05, 0) is 48.4 Å². The summed E-state index contributed by atoms with van der Waals surface area (Å²) < 4.78 is 30.3. The van der Waals surface area contributed by atoms with Crippen LogP contribution in [0.4, 0.5) is 0 Å². The molecule has 0 bridgehead atoms. The first-order valence-corrected chi connectivity index (χ1v) is 11.4. The molecule has 0 aromatic heterocycles. The number of nitrogens with zero attached hydrogens (tertiary/aromatic N) is 1. The van der Waals surface area contributed by atoms with Crippen LogP contribution in [-0.2, 0) is 21.2 Å². The van der Waals surface area contributed by atoms with E-state index in [9.17, 15) is 13.2 Å². The molecule has 1 aliphatic heterocycles. The Balaban J connectivity index is 1.73. The minimum atomic E-state index is -3.10. The molecule has 2 aromatic rings. The maximum atomic E-state index is 12.8. The van der Waals surface area contributed by atoms with Gasteiger partial charge in [-0.1, -0.05) is 39.7 Å². The van der Waals surface area contributed by atoms with Crippen LogP contribution < -0.4 is 4.74 Å². The average Bonchev–Trinajstić information content (AvgIpc) is 2.98. The van der Waals surface area contributed by atoms with Crippen molar-refractivity contribution in [1.29, 1.82) is 0 Å². The van der Waals surface area contributed by atoms with E-state index in [0.717, 1.165) is 10.0 Å². The SMILES string of the molecule is O=C(COc1ccc(Cl)cc1)N(Cc1cccc(Br)c1)[C@H]1CCS(=O)(=O)C1. The van der Waals surface area contributed by atoms with E-state index >= 15 is 0 Å². The molecule has 5 nitrogen and oxygen atoms in total. The third-order valence-electron chi connectivity index (χ3n) is 4.39. The Bertz CT molecular complexity index is 918. The lowest BCUT2D eigenvalue weighted by molar-refractivity contribution is -0.136. The molecule has 1 heterocycles. The van der Waals surface area contributed by atoms with Crippen molar-refractivity contribution in [1.82, 2.24) is 4.90 Å². The third-order valence-corrected chi connectivity index (χ3v) is 6.88. The number of halogens is 2. The van der Waals surface area contributed by atoms with Crippen LogP contribution in [0.25, 0.3) is 0 Å². The molecule has 27 heavy (non-hydrogen) atoms. The zero-order valence-electron chi connectivity index (χ0n) is 14.5. The molecule has 0 aliphatic carbocycles. The van der Waals surface area contributed by atoms with Gasteiger partial charge in [0.05, 0.1) is 11.5 Å². The van der Waals surface area contributed by atoms with Gasteiger partial charge in [0, 0.05) is 22.1 Å². The van der Waals surface area contributed by atoms with E-state index in [1.807, 2.05) is 24.3 Å². The van der Waals surface area contributed by atoms with Crippen LogP contribution in [0.2, 0.25) is 5.02 Å². The van der Waals surface area contributed by atoms with E-state index in [4.69, 9.17) is 16.3 Å². The van der Waals surface area contributed by atoms with Crippen LogP contribution in [0.1, 0.15) is 12.0 Å². The van der Waals surface area contributed by atoms with Crippen LogP contribution in [0.3, 0.4) is 0 Å². The van der Waals surface area contributed by atoms with Crippen LogP contribution >= 0.6 is 27.5 Å². The van der Waals surface area contributed by atoms with E-state index in [2.05, 4.69) is 15.9 Å². The Labute approximate surface area is 172 Å². The van der Waals surface area contributed by atoms with Gasteiger partial charge in [-0.15, -0.1) is 0 Å². The number of carbonyl (C=O) groups excluding carboxylic acids is 1. The first kappa shape index (κ1) is 20.2. The van der Waals surface area contributed by atoms with Gasteiger partial charge in [0.25, 0.3) is 5.91 Å². The highest BCUT2D eigenvalue weighted by Gasteiger charge is 2.34. The summed E-state index contributed by atoms with van der Waals surface area (Å²) in [6.45, 7) is 0.175. The van der Waals surface area contributed by atoms with Crippen LogP contribution in [-0.4, -0.2) is 43.4 Å². The third kappa shape index (κ3) is 5.70. The van der Waals surface area contributed by atoms with Gasteiger partial charge in [-0.2, -0.15) is 0 Å². The molecule has 3 rings (SSSR count). The summed E-state index contributed by atoms with van der Waals surface area (Å²) >= 11 is 9.27. The van der Waals surface area contributed by atoms with Crippen LogP contribution in [0.5, 0.6) is 5.75 Å². The molecule has 2 aromatic carbocycles. The smallest absolute Gasteiger partial charge is 0.261 e. The number of sulfone groups is 1. The van der Waals surface area contributed by atoms with E-state index in [1.165, 1.54) is 0 Å². The topological polar surface area (TPSA) is 63.7 Å². The predicted octanol–water partition coefficient (Wildman–Crippen LogP) is 3.70. The number of ether oxygens (including phenoxy) is 1. The van der Waals surface area contributed by atoms with Crippen molar-refractivity contribution in [3.05, 3.63) is 63.6 Å². The van der Waals surface area contributed by atoms with Crippen LogP contribution in [0, 0.1) is 0 Å². The summed E-state index contributed by atoms with van der Waals surface area (Å²) in [6.07, 6.45) is 0.447. The monoisotopic (exact) mass is 471 g/mol. The molecular weight excluding hydrogens is 454 g/mol. The minimum Gasteiger partial charge on any atom is -0.484 e. The standard InChI is InChI=1S/C19H19BrClNO4S/c20-15-3-1-2-14(10-15)11-22(17-8-9-27(24,25)13-17)19(23)12-26-18-6-4-16(21)5-7-18/h1-7,10,17H,8-9,11-13H2/t17-/m0/s1. The lowest BCUT2D eigenvalue weighted by Gasteiger charge is -2.28. The summed E-state index contributed by atoms with van der Waals surface area (Å²) in [6, 6.07) is 14.0. The molecule has 0 radical (unpaired) electrons. The Hall–Kier alpha value is -1.57. The molecule has 0 saturated carbocycles. The molecule has 1 aliphatic rings. The van der Waals surface area contributed by atoms with Crippen molar-refractivity contribution < 1.29 is 17.9 Å². The van der Waals surface area contributed by atoms with Gasteiger partial charge in [-0.3, -0.25) is 4.79 Å². The summed E-state index contributed by atoms with van der Waals surface area (Å²) in [5.41, 5.74) is 0.925. The maximum Gasteiger partial charge on any atom is 0.261 e. The number of hydrogen-bond acceptors (Lipinski definition) is 4. The van der Waals surface area contributed by atoms with Crippen molar-refractivity contribution in [2.75, 3.05) is 18.1 Å². The Kier molecular flexibility index (Phi) is 6.44. The van der Waals surface area contributed by atoms with E-state index in [1.54, 1.807) is 29.2 Å². The molecule has 0 N–H and O–H groups in total. The number of carbonyl (C=O) groups is 1. The Morgan fingerprint density at radius 2 is 1.96 bits per heavy atom. The van der Waals surface area contributed by atoms with E-state index in [-0.39, 0.29) is 30.1 Å². The second kappa shape index (κ2) is 8.63. The summed E-state index contributed by atoms with van der Waals surface area (Å²) in [7, 11) is -3.10. The fourth-order valence-electron chi connectivity index (χ4n) is 3.03. The zero-order valence-corrected chi connectivity index (χ0v) is 17.6. The lowest BCUT2D eigenvalue weighted by atomic mass is 10.1. The molecular formula is C19H19BrClNO4S. The first-order chi connectivity index (χ1) is 12.8. The van der Waals surface area contributed by atoms with Crippen molar-refractivity contribution in [2.24, 2.45) is 0 Å². The number of amides is 1. The summed E-state index contributed by atoms with van der Waals surface area (Å²) in [4.78, 5) is 14.5. The molecule has 144 valence electrons. The van der Waals surface area contributed by atoms with Gasteiger partial charge in [-0.25, -0.2) is 8.42 Å². The maximum absolute atomic E-state index is 12.8. The highest BCUT2D eigenvalue weighted by Crippen LogP contribution is 2.22. The zero-order chi connectivity index (χ0) is 19.4. The fourth-order valence-corrected chi connectivity index (χ4v) is 5.34. The second-order valence-electron chi connectivity index (χ2n) is 6.45. The quantitative estimate of drug-likeness (QED) is 0.643. The van der Waals surface area contributed by atoms with E-state index in [0.29, 0.717) is 23.7 Å².